The molecule has 1 fully saturated rings. The molecular weight excluding hydrogens is 508 g/mol. The summed E-state index contributed by atoms with van der Waals surface area (Å²) in [5.41, 5.74) is 14.2. The van der Waals surface area contributed by atoms with Gasteiger partial charge in [0, 0.05) is 38.4 Å². The molecule has 1 aliphatic rings. The molecule has 3 atom stereocenters. The Hall–Kier alpha value is -2.11. The van der Waals surface area contributed by atoms with E-state index in [1.807, 2.05) is 20.8 Å². The van der Waals surface area contributed by atoms with E-state index < -0.39 is 0 Å². The van der Waals surface area contributed by atoms with Crippen LogP contribution in [0.15, 0.2) is 12.4 Å². The van der Waals surface area contributed by atoms with Gasteiger partial charge in [0.05, 0.1) is 43.3 Å². The zero-order chi connectivity index (χ0) is 30.9. The Morgan fingerprint density at radius 3 is 1.93 bits per heavy atom. The Bertz CT molecular complexity index is 1030. The number of aliphatic hydroxyl groups is 1. The molecule has 1 saturated carbocycles. The molecule has 0 bridgehead atoms. The molecule has 2 aromatic rings. The van der Waals surface area contributed by atoms with Crippen LogP contribution in [-0.2, 0) is 9.47 Å². The van der Waals surface area contributed by atoms with Gasteiger partial charge in [-0.1, -0.05) is 62.3 Å². The molecule has 7 N–H and O–H groups in total. The maximum Gasteiger partial charge on any atom is 0.255 e. The molecule has 0 radical (unpaired) electrons. The molecular formula is C30H56N6O4. The molecule has 0 aliphatic heterocycles. The molecule has 0 saturated heterocycles. The number of nitrogens with two attached hydrogens (primary N) is 2. The van der Waals surface area contributed by atoms with Gasteiger partial charge in [-0.25, -0.2) is 9.97 Å². The summed E-state index contributed by atoms with van der Waals surface area (Å²) < 4.78 is 10.1. The predicted octanol–water partition coefficient (Wildman–Crippen LogP) is 3.98. The molecule has 2 aromatic heterocycles. The summed E-state index contributed by atoms with van der Waals surface area (Å²) in [5.74, 6) is 0.365. The third kappa shape index (κ3) is 11.8. The highest BCUT2D eigenvalue weighted by molar-refractivity contribution is 6.04. The van der Waals surface area contributed by atoms with E-state index in [1.165, 1.54) is 0 Å². The van der Waals surface area contributed by atoms with Gasteiger partial charge in [0.1, 0.15) is 5.52 Å². The highest BCUT2D eigenvalue weighted by atomic mass is 16.5. The van der Waals surface area contributed by atoms with Crippen LogP contribution in [0.4, 0.5) is 0 Å². The summed E-state index contributed by atoms with van der Waals surface area (Å²) in [6.45, 7) is 19.8. The van der Waals surface area contributed by atoms with Gasteiger partial charge < -0.3 is 36.3 Å². The number of amides is 1. The predicted molar refractivity (Wildman–Crippen MR) is 162 cm³/mol. The summed E-state index contributed by atoms with van der Waals surface area (Å²) >= 11 is 0. The van der Waals surface area contributed by atoms with Gasteiger partial charge in [-0.05, 0) is 29.1 Å². The van der Waals surface area contributed by atoms with E-state index >= 15 is 0 Å². The first-order valence-electron chi connectivity index (χ1n) is 14.1. The van der Waals surface area contributed by atoms with Crippen LogP contribution in [0.3, 0.4) is 0 Å². The lowest BCUT2D eigenvalue weighted by Crippen LogP contribution is -2.46. The van der Waals surface area contributed by atoms with Gasteiger partial charge in [-0.2, -0.15) is 0 Å². The quantitative estimate of drug-likeness (QED) is 0.322. The second kappa shape index (κ2) is 15.2. The van der Waals surface area contributed by atoms with Crippen LogP contribution in [0.5, 0.6) is 0 Å². The van der Waals surface area contributed by atoms with Gasteiger partial charge in [-0.15, -0.1) is 0 Å². The van der Waals surface area contributed by atoms with Crippen molar-refractivity contribution in [2.75, 3.05) is 34.0 Å². The molecule has 0 unspecified atom stereocenters. The van der Waals surface area contributed by atoms with Gasteiger partial charge in [-0.3, -0.25) is 4.79 Å². The monoisotopic (exact) mass is 564 g/mol. The van der Waals surface area contributed by atoms with E-state index in [4.69, 9.17) is 26.0 Å². The number of aromatic amines is 1. The summed E-state index contributed by atoms with van der Waals surface area (Å²) in [5, 5.41) is 11.6. The average Bonchev–Trinajstić information content (AvgIpc) is 3.61. The van der Waals surface area contributed by atoms with Gasteiger partial charge in [0.2, 0.25) is 0 Å². The van der Waals surface area contributed by atoms with E-state index in [9.17, 15) is 4.79 Å². The number of hydrogen-bond donors (Lipinski definition) is 5. The van der Waals surface area contributed by atoms with E-state index in [-0.39, 0.29) is 46.9 Å². The number of nitrogens with zero attached hydrogens (tertiary/aromatic N) is 2. The lowest BCUT2D eigenvalue weighted by Gasteiger charge is -2.30. The fraction of sp³-hybridized carbons (Fsp3) is 0.767. The SMILES string of the molecule is CC(C)(C)[C@@H](N)CO.COC[C@H](N)C(C)(C)C.COC[C@H](NC(=O)c1c[nH]c2ncc(C3CC3)nc12)C(C)(C)C. The minimum absolute atomic E-state index is 0.0365. The zero-order valence-corrected chi connectivity index (χ0v) is 26.7. The number of carbonyl (C=O) groups excluding carboxylic acids is 1. The molecule has 3 rings (SSSR count). The standard InChI is InChI=1S/C17H24N4O2.C7H17NO.C6H15NO/c1-17(2,3)13(9-23-4)21-16(22)11-7-18-15-14(11)20-12(8-19-15)10-5-6-10;1-7(2,3)6(8)5-9-4;1-6(2,3)5(7)4-8/h7-8,10,13H,5-6,9H2,1-4H3,(H,18,19)(H,21,22);6H,5,8H2,1-4H3;5,8H,4,7H2,1-3H3/t13-;6-;5-/m000/s1. The first-order valence-corrected chi connectivity index (χ1v) is 14.1. The molecule has 1 amide bonds. The van der Waals surface area contributed by atoms with Crippen LogP contribution in [0.2, 0.25) is 0 Å². The molecule has 2 heterocycles. The van der Waals surface area contributed by atoms with E-state index in [2.05, 4.69) is 61.8 Å². The number of ether oxygens (including phenoxy) is 2. The number of aliphatic hydroxyl groups excluding tert-OH is 1. The fourth-order valence-electron chi connectivity index (χ4n) is 3.27. The van der Waals surface area contributed by atoms with Crippen molar-refractivity contribution in [2.45, 2.75) is 99.2 Å². The van der Waals surface area contributed by atoms with Crippen molar-refractivity contribution in [2.24, 2.45) is 27.7 Å². The molecule has 0 spiro atoms. The third-order valence-corrected chi connectivity index (χ3v) is 7.09. The summed E-state index contributed by atoms with van der Waals surface area (Å²) in [7, 11) is 3.32. The Balaban J connectivity index is 0.000000389. The first kappa shape index (κ1) is 35.9. The zero-order valence-electron chi connectivity index (χ0n) is 26.7. The number of H-pyrrole nitrogens is 1. The lowest BCUT2D eigenvalue weighted by molar-refractivity contribution is 0.0788. The van der Waals surface area contributed by atoms with Crippen molar-refractivity contribution < 1.29 is 19.4 Å². The average molecular weight is 565 g/mol. The third-order valence-electron chi connectivity index (χ3n) is 7.09. The highest BCUT2D eigenvalue weighted by Crippen LogP contribution is 2.39. The van der Waals surface area contributed by atoms with Crippen LogP contribution in [0.25, 0.3) is 11.2 Å². The van der Waals surface area contributed by atoms with Crippen molar-refractivity contribution >= 4 is 17.1 Å². The second-order valence-corrected chi connectivity index (χ2v) is 13.9. The van der Waals surface area contributed by atoms with Crippen molar-refractivity contribution in [1.29, 1.82) is 0 Å². The number of methoxy groups -OCH3 is 2. The summed E-state index contributed by atoms with van der Waals surface area (Å²) in [6, 6.07) is -0.0328. The minimum atomic E-state index is -0.143. The second-order valence-electron chi connectivity index (χ2n) is 13.9. The molecule has 230 valence electrons. The van der Waals surface area contributed by atoms with Crippen LogP contribution in [0, 0.1) is 16.2 Å². The van der Waals surface area contributed by atoms with Crippen LogP contribution in [0.1, 0.15) is 97.1 Å². The minimum Gasteiger partial charge on any atom is -0.395 e. The van der Waals surface area contributed by atoms with Gasteiger partial charge >= 0.3 is 0 Å². The van der Waals surface area contributed by atoms with E-state index in [0.29, 0.717) is 35.9 Å². The van der Waals surface area contributed by atoms with Crippen LogP contribution >= 0.6 is 0 Å². The van der Waals surface area contributed by atoms with Crippen LogP contribution < -0.4 is 16.8 Å². The smallest absolute Gasteiger partial charge is 0.255 e. The maximum atomic E-state index is 12.7. The highest BCUT2D eigenvalue weighted by Gasteiger charge is 2.29. The Kier molecular flexibility index (Phi) is 13.7. The van der Waals surface area contributed by atoms with Crippen molar-refractivity contribution in [3.8, 4) is 0 Å². The number of hydrogen-bond acceptors (Lipinski definition) is 8. The molecule has 0 aromatic carbocycles. The largest absolute Gasteiger partial charge is 0.395 e. The topological polar surface area (TPSA) is 161 Å². The lowest BCUT2D eigenvalue weighted by atomic mass is 9.87. The summed E-state index contributed by atoms with van der Waals surface area (Å²) in [6.07, 6.45) is 5.81. The van der Waals surface area contributed by atoms with Crippen molar-refractivity contribution in [3.05, 3.63) is 23.7 Å². The van der Waals surface area contributed by atoms with Crippen molar-refractivity contribution in [1.82, 2.24) is 20.3 Å². The van der Waals surface area contributed by atoms with Crippen molar-refractivity contribution in [3.63, 3.8) is 0 Å². The van der Waals surface area contributed by atoms with E-state index in [0.717, 1.165) is 18.5 Å². The van der Waals surface area contributed by atoms with E-state index in [1.54, 1.807) is 26.6 Å². The molecule has 10 nitrogen and oxygen atoms in total. The van der Waals surface area contributed by atoms with Gasteiger partial charge in [0.25, 0.3) is 5.91 Å². The van der Waals surface area contributed by atoms with Crippen LogP contribution in [-0.4, -0.2) is 78.1 Å². The Morgan fingerprint density at radius 1 is 1.00 bits per heavy atom. The number of nitrogens with one attached hydrogen (secondary N) is 2. The summed E-state index contributed by atoms with van der Waals surface area (Å²) in [4.78, 5) is 24.8. The molecule has 10 heteroatoms. The molecule has 1 aliphatic carbocycles. The number of fused-ring (bicyclic) bond motifs is 1. The number of rotatable bonds is 8. The maximum absolute atomic E-state index is 12.7. The van der Waals surface area contributed by atoms with Gasteiger partial charge in [0.15, 0.2) is 5.65 Å². The normalized spacial score (nSPS) is 16.2. The Labute approximate surface area is 241 Å². The number of aromatic nitrogens is 3. The fourth-order valence-corrected chi connectivity index (χ4v) is 3.27. The first-order chi connectivity index (χ1) is 18.4. The number of carbonyl (C=O) groups is 1. The molecule has 40 heavy (non-hydrogen) atoms. The Morgan fingerprint density at radius 2 is 1.55 bits per heavy atom.